The van der Waals surface area contributed by atoms with Gasteiger partial charge in [0.15, 0.2) is 17.5 Å². The van der Waals surface area contributed by atoms with Crippen molar-refractivity contribution in [3.8, 4) is 11.5 Å². The third kappa shape index (κ3) is 6.15. The molecule has 0 saturated carbocycles. The molecule has 1 amide bonds. The summed E-state index contributed by atoms with van der Waals surface area (Å²) in [6.45, 7) is 2.60. The van der Waals surface area contributed by atoms with E-state index in [1.54, 1.807) is 42.5 Å². The van der Waals surface area contributed by atoms with Gasteiger partial charge in [0.1, 0.15) is 10.9 Å². The molecule has 4 rings (SSSR count). The Morgan fingerprint density at radius 1 is 1.05 bits per heavy atom. The van der Waals surface area contributed by atoms with Crippen LogP contribution in [0.1, 0.15) is 29.7 Å². The topological polar surface area (TPSA) is 65.1 Å². The van der Waals surface area contributed by atoms with E-state index in [0.717, 1.165) is 22.9 Å². The van der Waals surface area contributed by atoms with Crippen LogP contribution in [0.25, 0.3) is 6.08 Å². The Hall–Kier alpha value is -3.33. The van der Waals surface area contributed by atoms with Crippen LogP contribution in [0.15, 0.2) is 77.7 Å². The maximum absolute atomic E-state index is 13.4. The van der Waals surface area contributed by atoms with E-state index in [2.05, 4.69) is 0 Å². The van der Waals surface area contributed by atoms with Crippen LogP contribution in [0.2, 0.25) is 5.02 Å². The van der Waals surface area contributed by atoms with Crippen molar-refractivity contribution < 1.29 is 23.8 Å². The van der Waals surface area contributed by atoms with Gasteiger partial charge >= 0.3 is 5.97 Å². The summed E-state index contributed by atoms with van der Waals surface area (Å²) in [5, 5.41) is 0.625. The summed E-state index contributed by atoms with van der Waals surface area (Å²) >= 11 is 12.9. The van der Waals surface area contributed by atoms with Gasteiger partial charge in [-0.15, -0.1) is 0 Å². The first kappa shape index (κ1) is 26.7. The fraction of sp³-hybridized carbons (Fsp3) is 0.179. The van der Waals surface area contributed by atoms with Crippen molar-refractivity contribution in [3.63, 3.8) is 0 Å². The largest absolute Gasteiger partial charge is 0.490 e. The normalized spacial score (nSPS) is 15.1. The fourth-order valence-corrected chi connectivity index (χ4v) is 5.27. The molecule has 1 atom stereocenters. The first-order chi connectivity index (χ1) is 17.9. The lowest BCUT2D eigenvalue weighted by Crippen LogP contribution is -2.37. The third-order valence-electron chi connectivity index (χ3n) is 5.53. The van der Waals surface area contributed by atoms with Gasteiger partial charge in [-0.25, -0.2) is 4.79 Å². The Morgan fingerprint density at radius 2 is 1.78 bits per heavy atom. The molecule has 0 aromatic heterocycles. The average Bonchev–Trinajstić information content (AvgIpc) is 3.17. The number of thioether (sulfide) groups is 1. The zero-order valence-corrected chi connectivity index (χ0v) is 22.6. The molecule has 0 bridgehead atoms. The number of benzene rings is 3. The number of hydrogen-bond acceptors (Lipinski definition) is 7. The van der Waals surface area contributed by atoms with Crippen LogP contribution in [0.5, 0.6) is 11.5 Å². The van der Waals surface area contributed by atoms with Crippen LogP contribution in [0, 0.1) is 0 Å². The summed E-state index contributed by atoms with van der Waals surface area (Å²) in [6, 6.07) is 20.9. The highest BCUT2D eigenvalue weighted by atomic mass is 35.5. The first-order valence-corrected chi connectivity index (χ1v) is 13.1. The van der Waals surface area contributed by atoms with Crippen molar-refractivity contribution in [1.29, 1.82) is 0 Å². The van der Waals surface area contributed by atoms with Crippen molar-refractivity contribution >= 4 is 57.9 Å². The lowest BCUT2D eigenvalue weighted by molar-refractivity contribution is -0.148. The van der Waals surface area contributed by atoms with E-state index < -0.39 is 12.0 Å². The lowest BCUT2D eigenvalue weighted by Gasteiger charge is -2.24. The molecule has 0 radical (unpaired) electrons. The molecular formula is C28H24ClNO5S2. The Bertz CT molecular complexity index is 1350. The second-order valence-electron chi connectivity index (χ2n) is 7.91. The van der Waals surface area contributed by atoms with Crippen molar-refractivity contribution in [3.05, 3.63) is 99.4 Å². The second kappa shape index (κ2) is 12.3. The van der Waals surface area contributed by atoms with Crippen molar-refractivity contribution in [1.82, 2.24) is 4.90 Å². The highest BCUT2D eigenvalue weighted by Gasteiger charge is 2.41. The molecule has 1 aliphatic rings. The number of thiocarbonyl (C=S) groups is 1. The molecule has 1 unspecified atom stereocenters. The summed E-state index contributed by atoms with van der Waals surface area (Å²) in [6.07, 6.45) is 1.72. The van der Waals surface area contributed by atoms with E-state index in [4.69, 9.17) is 38.0 Å². The molecule has 1 fully saturated rings. The minimum Gasteiger partial charge on any atom is -0.490 e. The number of halogens is 1. The standard InChI is InChI=1S/C28H24ClNO5S2/c1-3-34-23-15-18(13-14-22(23)35-17-20-11-7-8-12-21(20)29)16-24-26(31)30(28(36)37-24)25(27(32)33-2)19-9-5-4-6-10-19/h4-16,25H,3,17H2,1-2H3/b24-16-. The van der Waals surface area contributed by atoms with E-state index in [0.29, 0.717) is 33.6 Å². The Kier molecular flexibility index (Phi) is 8.87. The number of amides is 1. The number of hydrogen-bond donors (Lipinski definition) is 0. The minimum atomic E-state index is -0.968. The molecule has 6 nitrogen and oxygen atoms in total. The molecule has 37 heavy (non-hydrogen) atoms. The predicted molar refractivity (Wildman–Crippen MR) is 150 cm³/mol. The SMILES string of the molecule is CCOc1cc(/C=C2\SC(=S)N(C(C(=O)OC)c3ccccc3)C2=O)ccc1OCc1ccccc1Cl. The number of carbonyl (C=O) groups is 2. The monoisotopic (exact) mass is 553 g/mol. The molecular weight excluding hydrogens is 530 g/mol. The van der Waals surface area contributed by atoms with Gasteiger partial charge in [-0.3, -0.25) is 9.69 Å². The van der Waals surface area contributed by atoms with Gasteiger partial charge < -0.3 is 14.2 Å². The van der Waals surface area contributed by atoms with Crippen molar-refractivity contribution in [2.45, 2.75) is 19.6 Å². The quantitative estimate of drug-likeness (QED) is 0.172. The molecule has 1 heterocycles. The van der Waals surface area contributed by atoms with E-state index >= 15 is 0 Å². The van der Waals surface area contributed by atoms with Crippen LogP contribution in [-0.2, 0) is 20.9 Å². The van der Waals surface area contributed by atoms with Crippen LogP contribution in [-0.4, -0.2) is 34.8 Å². The molecule has 3 aromatic rings. The predicted octanol–water partition coefficient (Wildman–Crippen LogP) is 6.43. The Morgan fingerprint density at radius 3 is 2.49 bits per heavy atom. The van der Waals surface area contributed by atoms with Gasteiger partial charge in [-0.05, 0) is 42.3 Å². The molecule has 0 spiro atoms. The van der Waals surface area contributed by atoms with Gasteiger partial charge in [-0.1, -0.05) is 90.2 Å². The minimum absolute atomic E-state index is 0.278. The number of rotatable bonds is 9. The molecule has 3 aromatic carbocycles. The van der Waals surface area contributed by atoms with Crippen LogP contribution in [0.3, 0.4) is 0 Å². The molecule has 0 N–H and O–H groups in total. The molecule has 1 saturated heterocycles. The number of ether oxygens (including phenoxy) is 3. The summed E-state index contributed by atoms with van der Waals surface area (Å²) in [5.74, 6) is 0.158. The van der Waals surface area contributed by atoms with Crippen LogP contribution >= 0.6 is 35.6 Å². The maximum atomic E-state index is 13.4. The first-order valence-electron chi connectivity index (χ1n) is 11.5. The maximum Gasteiger partial charge on any atom is 0.333 e. The highest BCUT2D eigenvalue weighted by molar-refractivity contribution is 8.26. The van der Waals surface area contributed by atoms with Gasteiger partial charge in [0.25, 0.3) is 5.91 Å². The smallest absolute Gasteiger partial charge is 0.333 e. The average molecular weight is 554 g/mol. The Balaban J connectivity index is 1.59. The van der Waals surface area contributed by atoms with Gasteiger partial charge in [0.05, 0.1) is 18.6 Å². The van der Waals surface area contributed by atoms with E-state index in [1.165, 1.54) is 12.0 Å². The number of carbonyl (C=O) groups excluding carboxylic acids is 2. The highest BCUT2D eigenvalue weighted by Crippen LogP contribution is 2.39. The van der Waals surface area contributed by atoms with Gasteiger partial charge in [0, 0.05) is 10.6 Å². The second-order valence-corrected chi connectivity index (χ2v) is 9.99. The summed E-state index contributed by atoms with van der Waals surface area (Å²) in [5.41, 5.74) is 2.20. The van der Waals surface area contributed by atoms with Crippen molar-refractivity contribution in [2.24, 2.45) is 0 Å². The molecule has 9 heteroatoms. The number of methoxy groups -OCH3 is 1. The van der Waals surface area contributed by atoms with Crippen molar-refractivity contribution in [2.75, 3.05) is 13.7 Å². The molecule has 1 aliphatic heterocycles. The summed E-state index contributed by atoms with van der Waals surface area (Å²) in [7, 11) is 1.29. The molecule has 190 valence electrons. The van der Waals surface area contributed by atoms with Gasteiger partial charge in [-0.2, -0.15) is 0 Å². The summed E-state index contributed by atoms with van der Waals surface area (Å²) < 4.78 is 17.0. The Labute approximate surface area is 230 Å². The van der Waals surface area contributed by atoms with Crippen LogP contribution in [0.4, 0.5) is 0 Å². The summed E-state index contributed by atoms with van der Waals surface area (Å²) in [4.78, 5) is 27.7. The fourth-order valence-electron chi connectivity index (χ4n) is 3.76. The number of nitrogens with zero attached hydrogens (tertiary/aromatic N) is 1. The van der Waals surface area contributed by atoms with E-state index in [9.17, 15) is 9.59 Å². The zero-order valence-electron chi connectivity index (χ0n) is 20.2. The third-order valence-corrected chi connectivity index (χ3v) is 7.23. The zero-order chi connectivity index (χ0) is 26.4. The van der Waals surface area contributed by atoms with Crippen LogP contribution < -0.4 is 9.47 Å². The van der Waals surface area contributed by atoms with E-state index in [1.807, 2.05) is 43.3 Å². The number of esters is 1. The lowest BCUT2D eigenvalue weighted by atomic mass is 10.1. The molecule has 0 aliphatic carbocycles. The van der Waals surface area contributed by atoms with Gasteiger partial charge in [0.2, 0.25) is 0 Å². The van der Waals surface area contributed by atoms with E-state index in [-0.39, 0.29) is 16.8 Å².